The van der Waals surface area contributed by atoms with Gasteiger partial charge in [0.15, 0.2) is 0 Å². The minimum Gasteiger partial charge on any atom is -0.307 e. The van der Waals surface area contributed by atoms with Crippen LogP contribution in [0.4, 0.5) is 10.5 Å². The highest BCUT2D eigenvalue weighted by Crippen LogP contribution is 2.39. The summed E-state index contributed by atoms with van der Waals surface area (Å²) in [4.78, 5) is 52.8. The van der Waals surface area contributed by atoms with Crippen molar-refractivity contribution in [3.63, 3.8) is 0 Å². The molecular formula is C30H31N5O6S. The second-order valence-electron chi connectivity index (χ2n) is 11.7. The van der Waals surface area contributed by atoms with Crippen molar-refractivity contribution in [3.8, 4) is 0 Å². The van der Waals surface area contributed by atoms with Crippen LogP contribution in [0.15, 0.2) is 41.6 Å². The SMILES string of the molecule is Cc1ccc2c(c1)C(=O)N(CC(=O)n1cc(S(=O)(=O)NC(=O)Nc3c4c(cc5c3CCC5)CCC4)cn1)C(=O)C2(C)C. The topological polar surface area (TPSA) is 148 Å². The smallest absolute Gasteiger partial charge is 0.307 e. The summed E-state index contributed by atoms with van der Waals surface area (Å²) in [6.45, 7) is 4.56. The number of aryl methyl sites for hydroxylation is 3. The van der Waals surface area contributed by atoms with E-state index in [1.807, 2.05) is 17.7 Å². The third-order valence-corrected chi connectivity index (χ3v) is 9.75. The molecule has 2 heterocycles. The molecular weight excluding hydrogens is 558 g/mol. The van der Waals surface area contributed by atoms with Gasteiger partial charge in [-0.05, 0) is 93.2 Å². The van der Waals surface area contributed by atoms with Gasteiger partial charge in [-0.1, -0.05) is 23.8 Å². The number of fused-ring (bicyclic) bond motifs is 3. The van der Waals surface area contributed by atoms with E-state index in [9.17, 15) is 27.6 Å². The third kappa shape index (κ3) is 4.59. The first kappa shape index (κ1) is 27.8. The lowest BCUT2D eigenvalue weighted by molar-refractivity contribution is -0.133. The molecule has 2 N–H and O–H groups in total. The van der Waals surface area contributed by atoms with Gasteiger partial charge in [-0.3, -0.25) is 19.3 Å². The third-order valence-electron chi connectivity index (χ3n) is 8.46. The first-order chi connectivity index (χ1) is 19.9. The molecule has 2 aliphatic carbocycles. The lowest BCUT2D eigenvalue weighted by Gasteiger charge is -2.37. The van der Waals surface area contributed by atoms with Crippen LogP contribution in [0.5, 0.6) is 0 Å². The number of hydrogen-bond acceptors (Lipinski definition) is 7. The average molecular weight is 590 g/mol. The zero-order valence-corrected chi connectivity index (χ0v) is 24.4. The Labute approximate surface area is 243 Å². The van der Waals surface area contributed by atoms with Crippen molar-refractivity contribution in [1.29, 1.82) is 0 Å². The van der Waals surface area contributed by atoms with E-state index in [1.54, 1.807) is 26.0 Å². The van der Waals surface area contributed by atoms with Gasteiger partial charge in [0, 0.05) is 11.3 Å². The van der Waals surface area contributed by atoms with Gasteiger partial charge in [0.1, 0.15) is 11.4 Å². The van der Waals surface area contributed by atoms with E-state index in [1.165, 1.54) is 11.1 Å². The maximum Gasteiger partial charge on any atom is 0.333 e. The summed E-state index contributed by atoms with van der Waals surface area (Å²) in [5, 5.41) is 6.62. The first-order valence-corrected chi connectivity index (χ1v) is 15.4. The van der Waals surface area contributed by atoms with Crippen LogP contribution in [0.2, 0.25) is 0 Å². The standard InChI is InChI=1S/C30H31N5O6S/c1-17-10-11-24-23(12-17)27(37)34(28(38)30(24,2)3)16-25(36)35-15-20(14-31-35)42(40,41)33-29(39)32-26-21-8-4-6-18(21)13-19-7-5-9-22(19)26/h10-15H,4-9,16H2,1-3H3,(H2,32,33,39). The van der Waals surface area contributed by atoms with E-state index in [-0.39, 0.29) is 0 Å². The van der Waals surface area contributed by atoms with Gasteiger partial charge in [0.25, 0.3) is 21.8 Å². The molecule has 4 amide bonds. The molecule has 42 heavy (non-hydrogen) atoms. The minimum absolute atomic E-state index is 0.334. The average Bonchev–Trinajstić information content (AvgIpc) is 3.70. The number of carbonyl (C=O) groups is 4. The van der Waals surface area contributed by atoms with E-state index in [2.05, 4.69) is 16.5 Å². The van der Waals surface area contributed by atoms with Crippen molar-refractivity contribution in [2.45, 2.75) is 69.6 Å². The number of rotatable bonds is 5. The normalized spacial score (nSPS) is 17.1. The van der Waals surface area contributed by atoms with E-state index in [0.29, 0.717) is 16.8 Å². The molecule has 0 fully saturated rings. The molecule has 2 aromatic carbocycles. The largest absolute Gasteiger partial charge is 0.333 e. The van der Waals surface area contributed by atoms with Gasteiger partial charge < -0.3 is 5.32 Å². The lowest BCUT2D eigenvalue weighted by Crippen LogP contribution is -2.53. The van der Waals surface area contributed by atoms with Gasteiger partial charge in [0.2, 0.25) is 5.91 Å². The van der Waals surface area contributed by atoms with Crippen molar-refractivity contribution in [2.75, 3.05) is 11.9 Å². The number of hydrogen-bond donors (Lipinski definition) is 2. The summed E-state index contributed by atoms with van der Waals surface area (Å²) in [6.07, 6.45) is 7.38. The molecule has 0 atom stereocenters. The monoisotopic (exact) mass is 589 g/mol. The van der Waals surface area contributed by atoms with E-state index >= 15 is 0 Å². The van der Waals surface area contributed by atoms with Gasteiger partial charge in [0.05, 0.1) is 17.8 Å². The van der Waals surface area contributed by atoms with Crippen molar-refractivity contribution in [1.82, 2.24) is 19.4 Å². The maximum atomic E-state index is 13.2. The van der Waals surface area contributed by atoms with E-state index in [4.69, 9.17) is 0 Å². The molecule has 1 aromatic heterocycles. The molecule has 3 aliphatic rings. The van der Waals surface area contributed by atoms with Crippen LogP contribution in [-0.4, -0.2) is 53.4 Å². The molecule has 0 unspecified atom stereocenters. The van der Waals surface area contributed by atoms with Crippen LogP contribution in [0.25, 0.3) is 0 Å². The van der Waals surface area contributed by atoms with E-state index in [0.717, 1.165) is 77.2 Å². The molecule has 12 heteroatoms. The fourth-order valence-corrected chi connectivity index (χ4v) is 7.13. The maximum absolute atomic E-state index is 13.2. The quantitative estimate of drug-likeness (QED) is 0.434. The van der Waals surface area contributed by atoms with Crippen LogP contribution in [0, 0.1) is 6.92 Å². The number of anilines is 1. The molecule has 11 nitrogen and oxygen atoms in total. The highest BCUT2D eigenvalue weighted by atomic mass is 32.2. The summed E-state index contributed by atoms with van der Waals surface area (Å²) in [5.74, 6) is -1.94. The van der Waals surface area contributed by atoms with Crippen molar-refractivity contribution < 1.29 is 27.6 Å². The van der Waals surface area contributed by atoms with Crippen LogP contribution >= 0.6 is 0 Å². The summed E-state index contributed by atoms with van der Waals surface area (Å²) >= 11 is 0. The fourth-order valence-electron chi connectivity index (χ4n) is 6.29. The zero-order valence-electron chi connectivity index (χ0n) is 23.6. The molecule has 0 spiro atoms. The van der Waals surface area contributed by atoms with Gasteiger partial charge in [-0.2, -0.15) is 5.10 Å². The van der Waals surface area contributed by atoms with Crippen molar-refractivity contribution in [2.24, 2.45) is 0 Å². The zero-order chi connectivity index (χ0) is 30.0. The Bertz CT molecular complexity index is 1770. The van der Waals surface area contributed by atoms with Crippen LogP contribution in [-0.2, 0) is 45.9 Å². The number of aromatic nitrogens is 2. The Hall–Kier alpha value is -4.32. The van der Waals surface area contributed by atoms with Crippen LogP contribution in [0.3, 0.4) is 0 Å². The number of nitrogens with zero attached hydrogens (tertiary/aromatic N) is 3. The van der Waals surface area contributed by atoms with Crippen LogP contribution in [0.1, 0.15) is 75.2 Å². The Kier molecular flexibility index (Phi) is 6.56. The predicted octanol–water partition coefficient (Wildman–Crippen LogP) is 3.28. The Morgan fingerprint density at radius 2 is 1.67 bits per heavy atom. The number of urea groups is 1. The summed E-state index contributed by atoms with van der Waals surface area (Å²) in [6, 6.07) is 6.55. The second kappa shape index (κ2) is 9.90. The summed E-state index contributed by atoms with van der Waals surface area (Å²) in [7, 11) is -4.38. The molecule has 218 valence electrons. The fraction of sp³-hybridized carbons (Fsp3) is 0.367. The number of sulfonamides is 1. The Morgan fingerprint density at radius 3 is 2.33 bits per heavy atom. The summed E-state index contributed by atoms with van der Waals surface area (Å²) < 4.78 is 28.8. The molecule has 0 saturated heterocycles. The van der Waals surface area contributed by atoms with E-state index < -0.39 is 50.6 Å². The Balaban J connectivity index is 1.18. The highest BCUT2D eigenvalue weighted by Gasteiger charge is 2.45. The Morgan fingerprint density at radius 1 is 1.00 bits per heavy atom. The summed E-state index contributed by atoms with van der Waals surface area (Å²) in [5.41, 5.74) is 5.91. The molecule has 6 rings (SSSR count). The highest BCUT2D eigenvalue weighted by molar-refractivity contribution is 7.90. The number of benzene rings is 2. The van der Waals surface area contributed by atoms with Crippen molar-refractivity contribution >= 4 is 39.5 Å². The molecule has 1 aliphatic heterocycles. The first-order valence-electron chi connectivity index (χ1n) is 13.9. The number of amides is 4. The van der Waals surface area contributed by atoms with Gasteiger partial charge >= 0.3 is 6.03 Å². The van der Waals surface area contributed by atoms with Gasteiger partial charge in [-0.25, -0.2) is 22.6 Å². The molecule has 0 bridgehead atoms. The minimum atomic E-state index is -4.38. The van der Waals surface area contributed by atoms with Gasteiger partial charge in [-0.15, -0.1) is 0 Å². The molecule has 3 aromatic rings. The molecule has 0 saturated carbocycles. The molecule has 0 radical (unpaired) electrons. The predicted molar refractivity (Wildman–Crippen MR) is 153 cm³/mol. The number of imide groups is 1. The van der Waals surface area contributed by atoms with Crippen molar-refractivity contribution in [3.05, 3.63) is 75.6 Å². The number of carbonyl (C=O) groups excluding carboxylic acids is 4. The second-order valence-corrected chi connectivity index (χ2v) is 13.4. The number of nitrogens with one attached hydrogen (secondary N) is 2. The lowest BCUT2D eigenvalue weighted by atomic mass is 9.77. The van der Waals surface area contributed by atoms with Crippen LogP contribution < -0.4 is 10.0 Å².